The number of alkyl carbamates (subject to hydrolysis) is 2. The fourth-order valence-corrected chi connectivity index (χ4v) is 7.95. The number of rotatable bonds is 18. The molecule has 0 radical (unpaired) electrons. The minimum Gasteiger partial charge on any atom is -0.453 e. The maximum absolute atomic E-state index is 12.2. The van der Waals surface area contributed by atoms with Gasteiger partial charge in [0, 0.05) is 29.1 Å². The SMILES string of the molecule is COC(=O)N[C@@H](CC(CCCCN)C1=Nc2ccc(-c3ccc4c(ccc5[nH]c(C(CCCN)C[C@@H](NC(=O)OC)C(C)C)nc54)c3)cc2CCC1)C(C)C. The number of benzene rings is 3. The van der Waals surface area contributed by atoms with Crippen molar-refractivity contribution in [2.45, 2.75) is 110 Å². The van der Waals surface area contributed by atoms with Crippen LogP contribution in [-0.2, 0) is 15.9 Å². The molecule has 11 nitrogen and oxygen atoms in total. The van der Waals surface area contributed by atoms with Gasteiger partial charge >= 0.3 is 12.2 Å². The van der Waals surface area contributed by atoms with Crippen molar-refractivity contribution in [1.82, 2.24) is 20.6 Å². The molecule has 5 rings (SSSR count). The van der Waals surface area contributed by atoms with Crippen LogP contribution >= 0.6 is 0 Å². The summed E-state index contributed by atoms with van der Waals surface area (Å²) in [5.74, 6) is 1.78. The fraction of sp³-hybridized carbons (Fsp3) is 0.545. The van der Waals surface area contributed by atoms with Crippen molar-refractivity contribution in [2.75, 3.05) is 27.3 Å². The lowest BCUT2D eigenvalue weighted by atomic mass is 9.84. The highest BCUT2D eigenvalue weighted by Gasteiger charge is 2.27. The summed E-state index contributed by atoms with van der Waals surface area (Å²) in [6, 6.07) is 17.5. The number of unbranched alkanes of at least 4 members (excludes halogenated alkanes) is 1. The van der Waals surface area contributed by atoms with Crippen molar-refractivity contribution in [1.29, 1.82) is 0 Å². The van der Waals surface area contributed by atoms with Gasteiger partial charge in [-0.25, -0.2) is 14.6 Å². The number of nitrogens with two attached hydrogens (primary N) is 2. The number of aryl methyl sites for hydroxylation is 1. The van der Waals surface area contributed by atoms with Gasteiger partial charge in [0.1, 0.15) is 5.82 Å². The van der Waals surface area contributed by atoms with Gasteiger partial charge in [0.2, 0.25) is 0 Å². The number of fused-ring (bicyclic) bond motifs is 4. The summed E-state index contributed by atoms with van der Waals surface area (Å²) >= 11 is 0. The van der Waals surface area contributed by atoms with E-state index in [4.69, 9.17) is 30.9 Å². The number of hydrogen-bond donors (Lipinski definition) is 5. The Kier molecular flexibility index (Phi) is 15.1. The summed E-state index contributed by atoms with van der Waals surface area (Å²) in [4.78, 5) is 38.4. The van der Waals surface area contributed by atoms with Gasteiger partial charge in [0.15, 0.2) is 0 Å². The van der Waals surface area contributed by atoms with E-state index >= 15 is 0 Å². The Balaban J connectivity index is 1.41. The topological polar surface area (TPSA) is 170 Å². The predicted molar refractivity (Wildman–Crippen MR) is 224 cm³/mol. The van der Waals surface area contributed by atoms with E-state index in [0.717, 1.165) is 103 Å². The van der Waals surface area contributed by atoms with Crippen LogP contribution in [0.15, 0.2) is 53.5 Å². The maximum Gasteiger partial charge on any atom is 0.407 e. The van der Waals surface area contributed by atoms with E-state index in [9.17, 15) is 9.59 Å². The molecule has 1 aliphatic rings. The minimum atomic E-state index is -0.418. The first-order chi connectivity index (χ1) is 26.5. The van der Waals surface area contributed by atoms with E-state index in [1.165, 1.54) is 31.1 Å². The molecule has 2 unspecified atom stereocenters. The molecule has 0 saturated heterocycles. The third kappa shape index (κ3) is 10.9. The van der Waals surface area contributed by atoms with Crippen LogP contribution < -0.4 is 22.1 Å². The molecule has 3 aromatic carbocycles. The van der Waals surface area contributed by atoms with Crippen molar-refractivity contribution in [3.8, 4) is 11.1 Å². The Labute approximate surface area is 326 Å². The predicted octanol–water partition coefficient (Wildman–Crippen LogP) is 8.90. The van der Waals surface area contributed by atoms with Gasteiger partial charge in [0.25, 0.3) is 0 Å². The van der Waals surface area contributed by atoms with Gasteiger partial charge in [-0.05, 0) is 135 Å². The Bertz CT molecular complexity index is 1920. The highest BCUT2D eigenvalue weighted by molar-refractivity contribution is 6.05. The monoisotopic (exact) mass is 753 g/mol. The number of imidazole rings is 1. The first-order valence-electron chi connectivity index (χ1n) is 20.3. The van der Waals surface area contributed by atoms with Crippen LogP contribution in [0.2, 0.25) is 0 Å². The molecule has 4 aromatic rings. The van der Waals surface area contributed by atoms with Crippen molar-refractivity contribution in [3.63, 3.8) is 0 Å². The van der Waals surface area contributed by atoms with Crippen LogP contribution in [0, 0.1) is 17.8 Å². The number of H-pyrrole nitrogens is 1. The smallest absolute Gasteiger partial charge is 0.407 e. The molecule has 1 aromatic heterocycles. The van der Waals surface area contributed by atoms with Gasteiger partial charge < -0.3 is 36.6 Å². The second-order valence-corrected chi connectivity index (χ2v) is 15.9. The van der Waals surface area contributed by atoms with E-state index in [1.54, 1.807) is 0 Å². The number of nitrogens with one attached hydrogen (secondary N) is 3. The zero-order valence-corrected chi connectivity index (χ0v) is 33.8. The van der Waals surface area contributed by atoms with E-state index < -0.39 is 6.09 Å². The normalized spacial score (nSPS) is 15.3. The van der Waals surface area contributed by atoms with Crippen LogP contribution in [-0.4, -0.2) is 67.3 Å². The molecular formula is C44H63N7O4. The van der Waals surface area contributed by atoms with Crippen LogP contribution in [0.3, 0.4) is 0 Å². The second kappa shape index (κ2) is 19.9. The molecule has 0 saturated carbocycles. The van der Waals surface area contributed by atoms with Crippen molar-refractivity contribution < 1.29 is 19.1 Å². The Morgan fingerprint density at radius 2 is 1.42 bits per heavy atom. The summed E-state index contributed by atoms with van der Waals surface area (Å²) < 4.78 is 9.86. The van der Waals surface area contributed by atoms with E-state index in [-0.39, 0.29) is 41.8 Å². The highest BCUT2D eigenvalue weighted by Crippen LogP contribution is 2.36. The van der Waals surface area contributed by atoms with Crippen LogP contribution in [0.1, 0.15) is 103 Å². The third-order valence-corrected chi connectivity index (χ3v) is 11.3. The number of methoxy groups -OCH3 is 2. The number of aliphatic imine (C=N–C) groups is 1. The quantitative estimate of drug-likeness (QED) is 0.0632. The first-order valence-corrected chi connectivity index (χ1v) is 20.3. The number of aromatic nitrogens is 2. The number of ether oxygens (including phenoxy) is 2. The highest BCUT2D eigenvalue weighted by atomic mass is 16.5. The molecule has 0 bridgehead atoms. The molecule has 7 N–H and O–H groups in total. The van der Waals surface area contributed by atoms with E-state index in [2.05, 4.69) is 91.8 Å². The van der Waals surface area contributed by atoms with Gasteiger partial charge in [-0.3, -0.25) is 4.99 Å². The number of amides is 2. The Hall–Kier alpha value is -4.48. The molecule has 2 amide bonds. The molecule has 0 spiro atoms. The molecule has 298 valence electrons. The van der Waals surface area contributed by atoms with Crippen LogP contribution in [0.4, 0.5) is 15.3 Å². The Morgan fingerprint density at radius 1 is 0.782 bits per heavy atom. The lowest BCUT2D eigenvalue weighted by molar-refractivity contribution is 0.160. The van der Waals surface area contributed by atoms with Crippen molar-refractivity contribution in [3.05, 3.63) is 59.9 Å². The zero-order chi connectivity index (χ0) is 39.5. The number of hydrogen-bond acceptors (Lipinski definition) is 8. The molecule has 1 aliphatic heterocycles. The van der Waals surface area contributed by atoms with Crippen LogP contribution in [0.5, 0.6) is 0 Å². The number of carbonyl (C=O) groups is 2. The largest absolute Gasteiger partial charge is 0.453 e. The van der Waals surface area contributed by atoms with E-state index in [1.807, 2.05) is 0 Å². The number of aromatic amines is 1. The van der Waals surface area contributed by atoms with Crippen LogP contribution in [0.25, 0.3) is 32.9 Å². The molecule has 55 heavy (non-hydrogen) atoms. The molecule has 2 heterocycles. The summed E-state index contributed by atoms with van der Waals surface area (Å²) in [6.45, 7) is 9.77. The Morgan fingerprint density at radius 3 is 2.07 bits per heavy atom. The zero-order valence-electron chi connectivity index (χ0n) is 33.8. The van der Waals surface area contributed by atoms with Crippen molar-refractivity contribution in [2.24, 2.45) is 34.2 Å². The minimum absolute atomic E-state index is 0.00419. The first kappa shape index (κ1) is 41.7. The van der Waals surface area contributed by atoms with Crippen molar-refractivity contribution >= 4 is 45.4 Å². The summed E-state index contributed by atoms with van der Waals surface area (Å²) in [5, 5.41) is 8.32. The summed E-state index contributed by atoms with van der Waals surface area (Å²) in [6.07, 6.45) is 8.42. The average Bonchev–Trinajstić information content (AvgIpc) is 3.51. The third-order valence-electron chi connectivity index (χ3n) is 11.3. The molecule has 0 aliphatic carbocycles. The molecular weight excluding hydrogens is 691 g/mol. The van der Waals surface area contributed by atoms with Gasteiger partial charge in [-0.2, -0.15) is 0 Å². The molecule has 11 heteroatoms. The number of carbonyl (C=O) groups excluding carboxylic acids is 2. The molecule has 0 fully saturated rings. The average molecular weight is 754 g/mol. The summed E-state index contributed by atoms with van der Waals surface area (Å²) in [7, 11) is 2.81. The maximum atomic E-state index is 12.2. The van der Waals surface area contributed by atoms with Gasteiger partial charge in [-0.1, -0.05) is 58.4 Å². The van der Waals surface area contributed by atoms with Gasteiger partial charge in [-0.15, -0.1) is 0 Å². The van der Waals surface area contributed by atoms with Gasteiger partial charge in [0.05, 0.1) is 30.9 Å². The lowest BCUT2D eigenvalue weighted by Gasteiger charge is -2.28. The lowest BCUT2D eigenvalue weighted by Crippen LogP contribution is -2.41. The number of nitrogens with zero attached hydrogens (tertiary/aromatic N) is 2. The van der Waals surface area contributed by atoms with E-state index in [0.29, 0.717) is 13.1 Å². The second-order valence-electron chi connectivity index (χ2n) is 15.9. The molecule has 4 atom stereocenters. The summed E-state index contributed by atoms with van der Waals surface area (Å²) in [5.41, 5.74) is 19.6. The standard InChI is InChI=1S/C44H63N7O4/c1-27(2)39(49-43(52)54-5)25-33(11-7-8-21-45)36-14-9-12-32-24-30(16-19-37(32)47-36)29-15-18-35-31(23-29)17-20-38-41(35)51-42(48-38)34(13-10-22-46)26-40(28(3)4)50-44(53)55-6/h15-20,23-24,27-28,33-34,39-40H,7-14,21-22,25-26,45-46H2,1-6H3,(H,48,51)(H,49,52)(H,50,53)/t33?,34?,39-,40+/m0/s1. The fourth-order valence-electron chi connectivity index (χ4n) is 7.95.